The summed E-state index contributed by atoms with van der Waals surface area (Å²) in [7, 11) is 1.53. The number of rotatable bonds is 5. The van der Waals surface area contributed by atoms with Crippen LogP contribution in [0.4, 0.5) is 0 Å². The fourth-order valence-electron chi connectivity index (χ4n) is 1.90. The van der Waals surface area contributed by atoms with E-state index in [0.29, 0.717) is 24.2 Å². The number of methoxy groups -OCH3 is 1. The van der Waals surface area contributed by atoms with Crippen molar-refractivity contribution in [2.45, 2.75) is 12.8 Å². The van der Waals surface area contributed by atoms with Gasteiger partial charge in [0, 0.05) is 6.42 Å². The minimum Gasteiger partial charge on any atom is -0.507 e. The highest BCUT2D eigenvalue weighted by atomic mass is 16.5. The Morgan fingerprint density at radius 2 is 1.89 bits per heavy atom. The quantitative estimate of drug-likeness (QED) is 0.835. The van der Waals surface area contributed by atoms with Crippen LogP contribution in [-0.4, -0.2) is 18.0 Å². The first-order valence-electron chi connectivity index (χ1n) is 6.15. The maximum absolute atomic E-state index is 12.1. The minimum atomic E-state index is -0.0831. The maximum Gasteiger partial charge on any atom is 0.167 e. The lowest BCUT2D eigenvalue weighted by Crippen LogP contribution is -2.02. The molecule has 0 heterocycles. The maximum atomic E-state index is 12.1. The van der Waals surface area contributed by atoms with Crippen LogP contribution in [0.15, 0.2) is 48.5 Å². The zero-order chi connectivity index (χ0) is 13.7. The van der Waals surface area contributed by atoms with Crippen molar-refractivity contribution in [1.82, 2.24) is 0 Å². The molecule has 2 aromatic carbocycles. The predicted molar refractivity (Wildman–Crippen MR) is 73.8 cm³/mol. The van der Waals surface area contributed by atoms with Gasteiger partial charge in [-0.3, -0.25) is 4.79 Å². The Kier molecular flexibility index (Phi) is 4.18. The summed E-state index contributed by atoms with van der Waals surface area (Å²) in [6, 6.07) is 14.5. The number of phenols is 1. The molecule has 19 heavy (non-hydrogen) atoms. The van der Waals surface area contributed by atoms with Crippen molar-refractivity contribution in [1.29, 1.82) is 0 Å². The van der Waals surface area contributed by atoms with E-state index in [1.807, 2.05) is 30.3 Å². The van der Waals surface area contributed by atoms with Crippen LogP contribution in [0.25, 0.3) is 0 Å². The van der Waals surface area contributed by atoms with Gasteiger partial charge in [-0.25, -0.2) is 0 Å². The minimum absolute atomic E-state index is 0.00105. The first-order chi connectivity index (χ1) is 9.20. The van der Waals surface area contributed by atoms with Crippen molar-refractivity contribution >= 4 is 5.78 Å². The van der Waals surface area contributed by atoms with Gasteiger partial charge in [-0.15, -0.1) is 0 Å². The van der Waals surface area contributed by atoms with E-state index in [2.05, 4.69) is 0 Å². The summed E-state index contributed by atoms with van der Waals surface area (Å²) in [5.74, 6) is 0.486. The fraction of sp³-hybridized carbons (Fsp3) is 0.188. The normalized spacial score (nSPS) is 10.2. The van der Waals surface area contributed by atoms with Gasteiger partial charge in [0.1, 0.15) is 11.5 Å². The molecular weight excluding hydrogens is 240 g/mol. The molecule has 0 aliphatic carbocycles. The van der Waals surface area contributed by atoms with Crippen LogP contribution in [0.5, 0.6) is 11.5 Å². The summed E-state index contributed by atoms with van der Waals surface area (Å²) < 4.78 is 5.06. The molecule has 0 radical (unpaired) electrons. The van der Waals surface area contributed by atoms with Crippen molar-refractivity contribution in [3.8, 4) is 11.5 Å². The Hall–Kier alpha value is -2.29. The van der Waals surface area contributed by atoms with Gasteiger partial charge < -0.3 is 9.84 Å². The van der Waals surface area contributed by atoms with Gasteiger partial charge in [0.2, 0.25) is 0 Å². The topological polar surface area (TPSA) is 46.5 Å². The number of Topliss-reactive ketones (excluding diaryl/α,β-unsaturated/α-hetero) is 1. The molecule has 3 heteroatoms. The van der Waals surface area contributed by atoms with E-state index in [9.17, 15) is 9.90 Å². The zero-order valence-electron chi connectivity index (χ0n) is 10.8. The van der Waals surface area contributed by atoms with E-state index in [1.165, 1.54) is 13.2 Å². The van der Waals surface area contributed by atoms with Crippen molar-refractivity contribution in [3.05, 3.63) is 59.7 Å². The van der Waals surface area contributed by atoms with E-state index in [0.717, 1.165) is 5.56 Å². The first-order valence-corrected chi connectivity index (χ1v) is 6.15. The number of hydrogen-bond acceptors (Lipinski definition) is 3. The average Bonchev–Trinajstić information content (AvgIpc) is 2.46. The number of benzene rings is 2. The molecule has 1 N–H and O–H groups in total. The van der Waals surface area contributed by atoms with Crippen LogP contribution in [0, 0.1) is 0 Å². The van der Waals surface area contributed by atoms with Crippen LogP contribution in [0.1, 0.15) is 22.3 Å². The van der Waals surface area contributed by atoms with E-state index in [-0.39, 0.29) is 11.5 Å². The standard InChI is InChI=1S/C16H16O3/c1-19-13-8-10-16(18)14(11-13)15(17)9-7-12-5-3-2-4-6-12/h2-6,8,10-11,18H,7,9H2,1H3. The number of carbonyl (C=O) groups is 1. The molecule has 0 spiro atoms. The molecule has 0 aliphatic rings. The van der Waals surface area contributed by atoms with Gasteiger partial charge in [0.25, 0.3) is 0 Å². The Labute approximate surface area is 112 Å². The number of aryl methyl sites for hydroxylation is 1. The molecule has 0 saturated carbocycles. The third-order valence-corrected chi connectivity index (χ3v) is 2.99. The number of ether oxygens (including phenoxy) is 1. The summed E-state index contributed by atoms with van der Waals surface area (Å²) in [6.07, 6.45) is 1.03. The summed E-state index contributed by atoms with van der Waals surface area (Å²) in [4.78, 5) is 12.1. The Bertz CT molecular complexity index is 561. The lowest BCUT2D eigenvalue weighted by Gasteiger charge is -2.06. The van der Waals surface area contributed by atoms with Crippen LogP contribution in [-0.2, 0) is 6.42 Å². The molecule has 0 atom stereocenters. The van der Waals surface area contributed by atoms with Crippen LogP contribution in [0.2, 0.25) is 0 Å². The van der Waals surface area contributed by atoms with Crippen molar-refractivity contribution in [3.63, 3.8) is 0 Å². The predicted octanol–water partition coefficient (Wildman–Crippen LogP) is 3.22. The Morgan fingerprint density at radius 3 is 2.58 bits per heavy atom. The fourth-order valence-corrected chi connectivity index (χ4v) is 1.90. The molecule has 2 rings (SSSR count). The molecule has 0 bridgehead atoms. The lowest BCUT2D eigenvalue weighted by molar-refractivity contribution is 0.0980. The second kappa shape index (κ2) is 6.05. The second-order valence-electron chi connectivity index (χ2n) is 4.29. The molecule has 0 saturated heterocycles. The molecular formula is C16H16O3. The SMILES string of the molecule is COc1ccc(O)c(C(=O)CCc2ccccc2)c1. The summed E-state index contributed by atoms with van der Waals surface area (Å²) in [5, 5.41) is 9.72. The Morgan fingerprint density at radius 1 is 1.16 bits per heavy atom. The smallest absolute Gasteiger partial charge is 0.167 e. The van der Waals surface area contributed by atoms with Gasteiger partial charge >= 0.3 is 0 Å². The van der Waals surface area contributed by atoms with Crippen molar-refractivity contribution in [2.75, 3.05) is 7.11 Å². The highest BCUT2D eigenvalue weighted by Crippen LogP contribution is 2.24. The average molecular weight is 256 g/mol. The molecule has 0 aromatic heterocycles. The van der Waals surface area contributed by atoms with Gasteiger partial charge in [-0.1, -0.05) is 30.3 Å². The van der Waals surface area contributed by atoms with Gasteiger partial charge in [-0.2, -0.15) is 0 Å². The summed E-state index contributed by atoms with van der Waals surface area (Å²) in [6.45, 7) is 0. The highest BCUT2D eigenvalue weighted by Gasteiger charge is 2.12. The van der Waals surface area contributed by atoms with Gasteiger partial charge in [-0.05, 0) is 30.2 Å². The number of phenolic OH excluding ortho intramolecular Hbond substituents is 1. The molecule has 2 aromatic rings. The van der Waals surface area contributed by atoms with Crippen molar-refractivity contribution in [2.24, 2.45) is 0 Å². The third-order valence-electron chi connectivity index (χ3n) is 2.99. The van der Waals surface area contributed by atoms with Crippen LogP contribution in [0.3, 0.4) is 0 Å². The number of carbonyl (C=O) groups excluding carboxylic acids is 1. The van der Waals surface area contributed by atoms with Gasteiger partial charge in [0.05, 0.1) is 12.7 Å². The van der Waals surface area contributed by atoms with E-state index in [4.69, 9.17) is 4.74 Å². The zero-order valence-corrected chi connectivity index (χ0v) is 10.8. The van der Waals surface area contributed by atoms with E-state index in [1.54, 1.807) is 12.1 Å². The number of aromatic hydroxyl groups is 1. The van der Waals surface area contributed by atoms with Crippen molar-refractivity contribution < 1.29 is 14.6 Å². The largest absolute Gasteiger partial charge is 0.507 e. The highest BCUT2D eigenvalue weighted by molar-refractivity contribution is 5.99. The number of ketones is 1. The summed E-state index contributed by atoms with van der Waals surface area (Å²) >= 11 is 0. The third kappa shape index (κ3) is 3.35. The van der Waals surface area contributed by atoms with E-state index < -0.39 is 0 Å². The second-order valence-corrected chi connectivity index (χ2v) is 4.29. The van der Waals surface area contributed by atoms with Crippen LogP contribution >= 0.6 is 0 Å². The summed E-state index contributed by atoms with van der Waals surface area (Å²) in [5.41, 5.74) is 1.42. The molecule has 0 amide bonds. The first kappa shape index (κ1) is 13.1. The molecule has 98 valence electrons. The monoisotopic (exact) mass is 256 g/mol. The lowest BCUT2D eigenvalue weighted by atomic mass is 10.0. The number of hydrogen-bond donors (Lipinski definition) is 1. The molecule has 3 nitrogen and oxygen atoms in total. The molecule has 0 aliphatic heterocycles. The Balaban J connectivity index is 2.08. The molecule has 0 fully saturated rings. The molecule has 0 unspecified atom stereocenters. The van der Waals surface area contributed by atoms with Gasteiger partial charge in [0.15, 0.2) is 5.78 Å². The van der Waals surface area contributed by atoms with E-state index >= 15 is 0 Å². The van der Waals surface area contributed by atoms with Crippen LogP contribution < -0.4 is 4.74 Å².